The molecule has 1 amide bonds. The van der Waals surface area contributed by atoms with E-state index in [0.29, 0.717) is 23.8 Å². The van der Waals surface area contributed by atoms with Crippen molar-refractivity contribution in [1.82, 2.24) is 4.90 Å². The minimum Gasteiger partial charge on any atom is -0.393 e. The molecule has 3 saturated carbocycles. The lowest BCUT2D eigenvalue weighted by Gasteiger charge is -2.37. The van der Waals surface area contributed by atoms with Crippen LogP contribution in [0.3, 0.4) is 0 Å². The van der Waals surface area contributed by atoms with Crippen molar-refractivity contribution < 1.29 is 9.90 Å². The first-order valence-electron chi connectivity index (χ1n) is 8.76. The Bertz CT molecular complexity index is 386. The minimum absolute atomic E-state index is 0.166. The van der Waals surface area contributed by atoms with E-state index in [1.165, 1.54) is 25.7 Å². The van der Waals surface area contributed by atoms with Crippen molar-refractivity contribution in [3.8, 4) is 0 Å². The van der Waals surface area contributed by atoms with E-state index in [1.807, 2.05) is 0 Å². The van der Waals surface area contributed by atoms with Gasteiger partial charge in [0.2, 0.25) is 5.91 Å². The summed E-state index contributed by atoms with van der Waals surface area (Å²) in [4.78, 5) is 15.0. The van der Waals surface area contributed by atoms with Gasteiger partial charge in [-0.1, -0.05) is 19.3 Å². The lowest BCUT2D eigenvalue weighted by Crippen LogP contribution is -2.46. The molecule has 112 valence electrons. The summed E-state index contributed by atoms with van der Waals surface area (Å²) in [7, 11) is 0. The molecular formula is C17H27NO2. The zero-order valence-corrected chi connectivity index (χ0v) is 12.3. The molecule has 1 aliphatic heterocycles. The predicted molar refractivity (Wildman–Crippen MR) is 77.0 cm³/mol. The number of likely N-dealkylation sites (tertiary alicyclic amines) is 1. The van der Waals surface area contributed by atoms with Crippen molar-refractivity contribution in [3.05, 3.63) is 0 Å². The van der Waals surface area contributed by atoms with E-state index < -0.39 is 0 Å². The van der Waals surface area contributed by atoms with Crippen LogP contribution in [-0.2, 0) is 4.79 Å². The largest absolute Gasteiger partial charge is 0.393 e. The van der Waals surface area contributed by atoms with Crippen LogP contribution in [0.4, 0.5) is 0 Å². The van der Waals surface area contributed by atoms with E-state index in [-0.39, 0.29) is 6.10 Å². The third kappa shape index (κ3) is 2.01. The Kier molecular flexibility index (Phi) is 3.29. The maximum absolute atomic E-state index is 12.8. The molecule has 0 aromatic carbocycles. The van der Waals surface area contributed by atoms with E-state index in [4.69, 9.17) is 0 Å². The van der Waals surface area contributed by atoms with Gasteiger partial charge in [-0.25, -0.2) is 0 Å². The van der Waals surface area contributed by atoms with Crippen LogP contribution in [0.5, 0.6) is 0 Å². The second kappa shape index (κ2) is 5.01. The zero-order valence-electron chi connectivity index (χ0n) is 12.3. The van der Waals surface area contributed by atoms with Gasteiger partial charge in [-0.2, -0.15) is 0 Å². The highest BCUT2D eigenvalue weighted by molar-refractivity contribution is 5.83. The zero-order chi connectivity index (χ0) is 13.7. The van der Waals surface area contributed by atoms with Crippen molar-refractivity contribution in [2.75, 3.05) is 6.54 Å². The molecule has 4 rings (SSSR count). The number of rotatable bonds is 2. The molecule has 3 nitrogen and oxygen atoms in total. The van der Waals surface area contributed by atoms with Gasteiger partial charge in [-0.15, -0.1) is 0 Å². The van der Waals surface area contributed by atoms with E-state index in [2.05, 4.69) is 4.90 Å². The topological polar surface area (TPSA) is 40.5 Å². The van der Waals surface area contributed by atoms with Gasteiger partial charge in [0.05, 0.1) is 6.10 Å². The first kappa shape index (κ1) is 13.1. The number of amides is 1. The van der Waals surface area contributed by atoms with Crippen molar-refractivity contribution in [1.29, 1.82) is 0 Å². The minimum atomic E-state index is -0.166. The molecule has 5 unspecified atom stereocenters. The summed E-state index contributed by atoms with van der Waals surface area (Å²) in [6.07, 6.45) is 10.4. The van der Waals surface area contributed by atoms with Crippen LogP contribution in [0.25, 0.3) is 0 Å². The SMILES string of the molecule is O=C(C1C2CCCC21)N1CCCC1C1CCCCC1O. The lowest BCUT2D eigenvalue weighted by atomic mass is 9.80. The molecule has 4 fully saturated rings. The molecule has 5 atom stereocenters. The second-order valence-corrected chi connectivity index (χ2v) is 7.54. The molecule has 1 N–H and O–H groups in total. The normalized spacial score (nSPS) is 47.4. The number of hydrogen-bond acceptors (Lipinski definition) is 2. The number of carbonyl (C=O) groups excluding carboxylic acids is 1. The Morgan fingerprint density at radius 1 is 0.850 bits per heavy atom. The molecule has 3 heteroatoms. The van der Waals surface area contributed by atoms with Crippen LogP contribution in [0.2, 0.25) is 0 Å². The second-order valence-electron chi connectivity index (χ2n) is 7.54. The number of aliphatic hydroxyl groups is 1. The molecule has 0 radical (unpaired) electrons. The fourth-order valence-corrected chi connectivity index (χ4v) is 5.48. The quantitative estimate of drug-likeness (QED) is 0.843. The highest BCUT2D eigenvalue weighted by Gasteiger charge is 2.58. The monoisotopic (exact) mass is 277 g/mol. The van der Waals surface area contributed by atoms with Crippen molar-refractivity contribution in [2.24, 2.45) is 23.7 Å². The highest BCUT2D eigenvalue weighted by Crippen LogP contribution is 2.58. The summed E-state index contributed by atoms with van der Waals surface area (Å²) in [6.45, 7) is 0.947. The number of fused-ring (bicyclic) bond motifs is 1. The number of hydrogen-bond donors (Lipinski definition) is 1. The summed E-state index contributed by atoms with van der Waals surface area (Å²) >= 11 is 0. The molecule has 20 heavy (non-hydrogen) atoms. The fraction of sp³-hybridized carbons (Fsp3) is 0.941. The average molecular weight is 277 g/mol. The van der Waals surface area contributed by atoms with Crippen LogP contribution in [0.15, 0.2) is 0 Å². The number of nitrogens with zero attached hydrogens (tertiary/aromatic N) is 1. The maximum Gasteiger partial charge on any atom is 0.226 e. The van der Waals surface area contributed by atoms with Gasteiger partial charge in [0.25, 0.3) is 0 Å². The van der Waals surface area contributed by atoms with Crippen LogP contribution in [0, 0.1) is 23.7 Å². The van der Waals surface area contributed by atoms with E-state index >= 15 is 0 Å². The van der Waals surface area contributed by atoms with Crippen LogP contribution < -0.4 is 0 Å². The van der Waals surface area contributed by atoms with Crippen LogP contribution in [0.1, 0.15) is 57.8 Å². The molecule has 3 aliphatic carbocycles. The molecule has 1 heterocycles. The van der Waals surface area contributed by atoms with E-state index in [1.54, 1.807) is 0 Å². The lowest BCUT2D eigenvalue weighted by molar-refractivity contribution is -0.136. The number of carbonyl (C=O) groups is 1. The highest BCUT2D eigenvalue weighted by atomic mass is 16.3. The van der Waals surface area contributed by atoms with Crippen molar-refractivity contribution in [3.63, 3.8) is 0 Å². The van der Waals surface area contributed by atoms with Gasteiger partial charge in [0, 0.05) is 24.4 Å². The molecule has 0 aromatic rings. The maximum atomic E-state index is 12.8. The van der Waals surface area contributed by atoms with Gasteiger partial charge in [-0.05, 0) is 50.4 Å². The van der Waals surface area contributed by atoms with Gasteiger partial charge in [-0.3, -0.25) is 4.79 Å². The molecule has 0 aromatic heterocycles. The van der Waals surface area contributed by atoms with Gasteiger partial charge >= 0.3 is 0 Å². The van der Waals surface area contributed by atoms with Gasteiger partial charge in [0.1, 0.15) is 0 Å². The van der Waals surface area contributed by atoms with Crippen molar-refractivity contribution >= 4 is 5.91 Å². The molecule has 4 aliphatic rings. The first-order chi connectivity index (χ1) is 9.77. The van der Waals surface area contributed by atoms with Crippen LogP contribution >= 0.6 is 0 Å². The summed E-state index contributed by atoms with van der Waals surface area (Å²) in [5.74, 6) is 2.61. The summed E-state index contributed by atoms with van der Waals surface area (Å²) in [5, 5.41) is 10.3. The Morgan fingerprint density at radius 3 is 2.30 bits per heavy atom. The van der Waals surface area contributed by atoms with Crippen LogP contribution in [-0.4, -0.2) is 34.6 Å². The summed E-state index contributed by atoms with van der Waals surface area (Å²) in [6, 6.07) is 0.346. The predicted octanol–water partition coefficient (Wildman–Crippen LogP) is 2.57. The Hall–Kier alpha value is -0.570. The van der Waals surface area contributed by atoms with Crippen molar-refractivity contribution in [2.45, 2.75) is 69.9 Å². The smallest absolute Gasteiger partial charge is 0.226 e. The third-order valence-electron chi connectivity index (χ3n) is 6.55. The molecule has 0 spiro atoms. The molecule has 1 saturated heterocycles. The number of aliphatic hydroxyl groups excluding tert-OH is 1. The average Bonchev–Trinajstić information content (AvgIpc) is 2.87. The Balaban J connectivity index is 1.45. The Morgan fingerprint density at radius 2 is 1.55 bits per heavy atom. The fourth-order valence-electron chi connectivity index (χ4n) is 5.48. The van der Waals surface area contributed by atoms with E-state index in [0.717, 1.165) is 50.5 Å². The van der Waals surface area contributed by atoms with Gasteiger partial charge < -0.3 is 10.0 Å². The first-order valence-corrected chi connectivity index (χ1v) is 8.76. The summed E-state index contributed by atoms with van der Waals surface area (Å²) < 4.78 is 0. The summed E-state index contributed by atoms with van der Waals surface area (Å²) in [5.41, 5.74) is 0. The molecule has 0 bridgehead atoms. The Labute approximate surface area is 121 Å². The van der Waals surface area contributed by atoms with Gasteiger partial charge in [0.15, 0.2) is 0 Å². The van der Waals surface area contributed by atoms with E-state index in [9.17, 15) is 9.90 Å². The molecular weight excluding hydrogens is 250 g/mol. The third-order valence-corrected chi connectivity index (χ3v) is 6.55. The standard InChI is InChI=1S/C17H27NO2/c19-15-9-2-1-5-13(15)14-8-4-10-18(14)17(20)16-11-6-3-7-12(11)16/h11-16,19H,1-10H2.